The highest BCUT2D eigenvalue weighted by Gasteiger charge is 2.18. The molecule has 0 aromatic carbocycles. The van der Waals surface area contributed by atoms with Crippen molar-refractivity contribution in [1.29, 1.82) is 0 Å². The van der Waals surface area contributed by atoms with Gasteiger partial charge in [0.25, 0.3) is 0 Å². The van der Waals surface area contributed by atoms with E-state index in [2.05, 4.69) is 40.7 Å². The van der Waals surface area contributed by atoms with E-state index in [0.717, 1.165) is 11.5 Å². The lowest BCUT2D eigenvalue weighted by molar-refractivity contribution is 0.572. The topological polar surface area (TPSA) is 54.5 Å². The van der Waals surface area contributed by atoms with E-state index in [9.17, 15) is 0 Å². The summed E-state index contributed by atoms with van der Waals surface area (Å²) < 4.78 is 0. The lowest BCUT2D eigenvalue weighted by atomic mass is 9.93. The molecule has 78 valence electrons. The predicted octanol–water partition coefficient (Wildman–Crippen LogP) is 2.16. The van der Waals surface area contributed by atoms with E-state index in [4.69, 9.17) is 0 Å². The summed E-state index contributed by atoms with van der Waals surface area (Å²) in [5.74, 6) is 1.36. The molecule has 2 rings (SSSR count). The van der Waals surface area contributed by atoms with Crippen LogP contribution in [0.25, 0.3) is 11.6 Å². The van der Waals surface area contributed by atoms with Crippen LogP contribution in [0, 0.1) is 0 Å². The summed E-state index contributed by atoms with van der Waals surface area (Å²) in [7, 11) is 0. The van der Waals surface area contributed by atoms with Crippen LogP contribution in [0.5, 0.6) is 0 Å². The molecule has 4 heteroatoms. The van der Waals surface area contributed by atoms with E-state index < -0.39 is 0 Å². The monoisotopic (exact) mass is 202 g/mol. The van der Waals surface area contributed by atoms with E-state index >= 15 is 0 Å². The highest BCUT2D eigenvalue weighted by molar-refractivity contribution is 5.43. The van der Waals surface area contributed by atoms with Crippen molar-refractivity contribution in [2.24, 2.45) is 0 Å². The number of aromatic nitrogens is 4. The van der Waals surface area contributed by atoms with Crippen molar-refractivity contribution in [2.75, 3.05) is 0 Å². The van der Waals surface area contributed by atoms with Crippen LogP contribution >= 0.6 is 0 Å². The molecule has 0 unspecified atom stereocenters. The van der Waals surface area contributed by atoms with E-state index in [-0.39, 0.29) is 5.41 Å². The normalized spacial score (nSPS) is 11.7. The number of imidazole rings is 1. The molecule has 0 radical (unpaired) electrons. The zero-order valence-electron chi connectivity index (χ0n) is 9.15. The minimum atomic E-state index is 0.0452. The fourth-order valence-electron chi connectivity index (χ4n) is 1.24. The van der Waals surface area contributed by atoms with Crippen LogP contribution < -0.4 is 0 Å². The number of H-pyrrole nitrogens is 1. The largest absolute Gasteiger partial charge is 0.342 e. The zero-order chi connectivity index (χ0) is 10.9. The second kappa shape index (κ2) is 3.46. The fourth-order valence-corrected chi connectivity index (χ4v) is 1.24. The Morgan fingerprint density at radius 3 is 2.33 bits per heavy atom. The molecule has 4 nitrogen and oxygen atoms in total. The summed E-state index contributed by atoms with van der Waals surface area (Å²) in [5, 5.41) is 0. The van der Waals surface area contributed by atoms with Crippen LogP contribution in [0.3, 0.4) is 0 Å². The molecule has 0 aliphatic heterocycles. The number of rotatable bonds is 1. The molecule has 2 aromatic heterocycles. The molecule has 0 amide bonds. The van der Waals surface area contributed by atoms with Gasteiger partial charge in [0.2, 0.25) is 0 Å². The molecule has 1 N–H and O–H groups in total. The number of aromatic amines is 1. The number of hydrogen-bond donors (Lipinski definition) is 1. The summed E-state index contributed by atoms with van der Waals surface area (Å²) in [6.07, 6.45) is 5.33. The Balaban J connectivity index is 2.37. The summed E-state index contributed by atoms with van der Waals surface area (Å²) in [6.45, 7) is 6.37. The van der Waals surface area contributed by atoms with Gasteiger partial charge < -0.3 is 4.98 Å². The molecule has 2 aromatic rings. The van der Waals surface area contributed by atoms with E-state index in [1.807, 2.05) is 6.20 Å². The van der Waals surface area contributed by atoms with Gasteiger partial charge in [0.1, 0.15) is 0 Å². The summed E-state index contributed by atoms with van der Waals surface area (Å²) in [6, 6.07) is 1.79. The molecule has 15 heavy (non-hydrogen) atoms. The average molecular weight is 202 g/mol. The van der Waals surface area contributed by atoms with Crippen molar-refractivity contribution in [1.82, 2.24) is 19.9 Å². The Kier molecular flexibility index (Phi) is 2.26. The smallest absolute Gasteiger partial charge is 0.195 e. The first-order chi connectivity index (χ1) is 7.07. The third-order valence-corrected chi connectivity index (χ3v) is 2.12. The van der Waals surface area contributed by atoms with Gasteiger partial charge in [-0.2, -0.15) is 0 Å². The molecule has 0 fully saturated rings. The minimum absolute atomic E-state index is 0.0452. The zero-order valence-corrected chi connectivity index (χ0v) is 9.15. The van der Waals surface area contributed by atoms with Crippen molar-refractivity contribution >= 4 is 0 Å². The maximum atomic E-state index is 4.47. The van der Waals surface area contributed by atoms with Gasteiger partial charge in [-0.05, 0) is 6.07 Å². The van der Waals surface area contributed by atoms with Crippen LogP contribution in [-0.4, -0.2) is 19.9 Å². The molecule has 0 saturated heterocycles. The van der Waals surface area contributed by atoms with Crippen molar-refractivity contribution < 1.29 is 0 Å². The summed E-state index contributed by atoms with van der Waals surface area (Å²) in [5.41, 5.74) is 1.06. The Bertz CT molecular complexity index is 439. The molecular formula is C11H14N4. The van der Waals surface area contributed by atoms with Gasteiger partial charge in [0.15, 0.2) is 11.6 Å². The highest BCUT2D eigenvalue weighted by Crippen LogP contribution is 2.21. The second-order valence-corrected chi connectivity index (χ2v) is 4.46. The standard InChI is InChI=1S/C11H14N4/c1-11(2,3)8-7-14-10(15-8)9-12-5-4-6-13-9/h4-7H,1-3H3,(H,14,15). The van der Waals surface area contributed by atoms with Crippen LogP contribution in [0.15, 0.2) is 24.7 Å². The lowest BCUT2D eigenvalue weighted by Crippen LogP contribution is -2.11. The first kappa shape index (κ1) is 9.83. The number of hydrogen-bond acceptors (Lipinski definition) is 3. The van der Waals surface area contributed by atoms with Gasteiger partial charge >= 0.3 is 0 Å². The van der Waals surface area contributed by atoms with Gasteiger partial charge in [-0.1, -0.05) is 20.8 Å². The van der Waals surface area contributed by atoms with E-state index in [1.54, 1.807) is 18.5 Å². The SMILES string of the molecule is CC(C)(C)c1c[nH]c(-c2ncccn2)n1. The number of nitrogens with zero attached hydrogens (tertiary/aromatic N) is 3. The molecular weight excluding hydrogens is 188 g/mol. The Hall–Kier alpha value is -1.71. The van der Waals surface area contributed by atoms with Gasteiger partial charge in [0.05, 0.1) is 5.69 Å². The van der Waals surface area contributed by atoms with Gasteiger partial charge in [0, 0.05) is 24.0 Å². The van der Waals surface area contributed by atoms with Crippen LogP contribution in [0.4, 0.5) is 0 Å². The fraction of sp³-hybridized carbons (Fsp3) is 0.364. The van der Waals surface area contributed by atoms with Crippen molar-refractivity contribution in [2.45, 2.75) is 26.2 Å². The van der Waals surface area contributed by atoms with Crippen LogP contribution in [0.1, 0.15) is 26.5 Å². The van der Waals surface area contributed by atoms with Crippen LogP contribution in [0.2, 0.25) is 0 Å². The molecule has 0 aliphatic rings. The Morgan fingerprint density at radius 2 is 1.80 bits per heavy atom. The molecule has 2 heterocycles. The minimum Gasteiger partial charge on any atom is -0.342 e. The van der Waals surface area contributed by atoms with Crippen molar-refractivity contribution in [3.8, 4) is 11.6 Å². The van der Waals surface area contributed by atoms with E-state index in [1.165, 1.54) is 0 Å². The third-order valence-electron chi connectivity index (χ3n) is 2.12. The van der Waals surface area contributed by atoms with Gasteiger partial charge in [-0.3, -0.25) is 0 Å². The second-order valence-electron chi connectivity index (χ2n) is 4.46. The maximum absolute atomic E-state index is 4.47. The van der Waals surface area contributed by atoms with Crippen LogP contribution in [-0.2, 0) is 5.41 Å². The maximum Gasteiger partial charge on any atom is 0.195 e. The van der Waals surface area contributed by atoms with E-state index in [0.29, 0.717) is 5.82 Å². The average Bonchev–Trinajstić information content (AvgIpc) is 2.67. The molecule has 0 atom stereocenters. The molecule has 0 spiro atoms. The lowest BCUT2D eigenvalue weighted by Gasteiger charge is -2.13. The van der Waals surface area contributed by atoms with Crippen molar-refractivity contribution in [3.05, 3.63) is 30.4 Å². The number of nitrogens with one attached hydrogen (secondary N) is 1. The molecule has 0 saturated carbocycles. The third kappa shape index (κ3) is 2.03. The van der Waals surface area contributed by atoms with Gasteiger partial charge in [-0.15, -0.1) is 0 Å². The Labute approximate surface area is 88.8 Å². The highest BCUT2D eigenvalue weighted by atomic mass is 15.0. The Morgan fingerprint density at radius 1 is 1.13 bits per heavy atom. The summed E-state index contributed by atoms with van der Waals surface area (Å²) >= 11 is 0. The first-order valence-corrected chi connectivity index (χ1v) is 4.90. The predicted molar refractivity (Wildman–Crippen MR) is 58.3 cm³/mol. The van der Waals surface area contributed by atoms with Crippen molar-refractivity contribution in [3.63, 3.8) is 0 Å². The quantitative estimate of drug-likeness (QED) is 0.771. The summed E-state index contributed by atoms with van der Waals surface area (Å²) in [4.78, 5) is 15.8. The molecule has 0 bridgehead atoms. The van der Waals surface area contributed by atoms with Gasteiger partial charge in [-0.25, -0.2) is 15.0 Å². The first-order valence-electron chi connectivity index (χ1n) is 4.90. The molecule has 0 aliphatic carbocycles.